The minimum absolute atomic E-state index is 0.118. The highest BCUT2D eigenvalue weighted by Crippen LogP contribution is 2.23. The van der Waals surface area contributed by atoms with Gasteiger partial charge in [0.15, 0.2) is 0 Å². The maximum Gasteiger partial charge on any atom is 0.270 e. The molecule has 0 aromatic carbocycles. The number of unbranched alkanes of at least 4 members (excludes halogenated alkanes) is 2. The zero-order chi connectivity index (χ0) is 12.8. The van der Waals surface area contributed by atoms with Crippen molar-refractivity contribution in [1.29, 1.82) is 0 Å². The van der Waals surface area contributed by atoms with Crippen molar-refractivity contribution in [3.63, 3.8) is 0 Å². The number of hydrogen-bond acceptors (Lipinski definition) is 4. The summed E-state index contributed by atoms with van der Waals surface area (Å²) in [6.07, 6.45) is 7.11. The van der Waals surface area contributed by atoms with Crippen molar-refractivity contribution in [2.24, 2.45) is 0 Å². The fourth-order valence-corrected chi connectivity index (χ4v) is 1.66. The van der Waals surface area contributed by atoms with Crippen LogP contribution in [0, 0.1) is 0 Å². The van der Waals surface area contributed by atoms with Crippen LogP contribution in [0.15, 0.2) is 12.4 Å². The van der Waals surface area contributed by atoms with Crippen LogP contribution in [0.4, 0.5) is 5.82 Å². The van der Waals surface area contributed by atoms with Crippen LogP contribution in [0.1, 0.15) is 49.5 Å². The molecule has 1 saturated carbocycles. The Hall–Kier alpha value is -1.65. The van der Waals surface area contributed by atoms with E-state index in [1.807, 2.05) is 0 Å². The summed E-state index contributed by atoms with van der Waals surface area (Å²) in [4.78, 5) is 19.9. The lowest BCUT2D eigenvalue weighted by Crippen LogP contribution is -2.25. The first-order valence-electron chi connectivity index (χ1n) is 6.66. The van der Waals surface area contributed by atoms with E-state index >= 15 is 0 Å². The van der Waals surface area contributed by atoms with E-state index in [1.165, 1.54) is 19.2 Å². The molecule has 1 aliphatic carbocycles. The van der Waals surface area contributed by atoms with Crippen LogP contribution in [0.25, 0.3) is 0 Å². The first-order chi connectivity index (χ1) is 8.79. The van der Waals surface area contributed by atoms with Gasteiger partial charge in [0, 0.05) is 18.7 Å². The monoisotopic (exact) mass is 248 g/mol. The Morgan fingerprint density at radius 1 is 1.39 bits per heavy atom. The fraction of sp³-hybridized carbons (Fsp3) is 0.615. The highest BCUT2D eigenvalue weighted by molar-refractivity contribution is 5.92. The Balaban J connectivity index is 1.84. The molecule has 0 aliphatic heterocycles. The Kier molecular flexibility index (Phi) is 4.50. The summed E-state index contributed by atoms with van der Waals surface area (Å²) in [5, 5.41) is 6.13. The van der Waals surface area contributed by atoms with Crippen molar-refractivity contribution in [2.75, 3.05) is 11.9 Å². The van der Waals surface area contributed by atoms with E-state index in [2.05, 4.69) is 27.5 Å². The maximum absolute atomic E-state index is 11.8. The second-order valence-corrected chi connectivity index (χ2v) is 4.67. The van der Waals surface area contributed by atoms with Crippen molar-refractivity contribution in [2.45, 2.75) is 45.1 Å². The van der Waals surface area contributed by atoms with Crippen LogP contribution in [-0.2, 0) is 0 Å². The lowest BCUT2D eigenvalue weighted by molar-refractivity contribution is 0.0948. The molecule has 0 unspecified atom stereocenters. The normalized spacial score (nSPS) is 14.3. The standard InChI is InChI=1S/C13H20N4O/c1-2-3-4-7-14-13(18)11-8-12(16-9-15-11)17-10-5-6-10/h8-10H,2-7H2,1H3,(H,14,18)(H,15,16,17). The highest BCUT2D eigenvalue weighted by atomic mass is 16.1. The summed E-state index contributed by atoms with van der Waals surface area (Å²) in [5.41, 5.74) is 0.435. The van der Waals surface area contributed by atoms with Gasteiger partial charge in [0.25, 0.3) is 5.91 Å². The van der Waals surface area contributed by atoms with Gasteiger partial charge in [-0.1, -0.05) is 19.8 Å². The highest BCUT2D eigenvalue weighted by Gasteiger charge is 2.21. The van der Waals surface area contributed by atoms with Gasteiger partial charge in [-0.25, -0.2) is 9.97 Å². The lowest BCUT2D eigenvalue weighted by Gasteiger charge is -2.06. The number of carbonyl (C=O) groups is 1. The van der Waals surface area contributed by atoms with Crippen LogP contribution >= 0.6 is 0 Å². The smallest absolute Gasteiger partial charge is 0.270 e. The molecule has 1 amide bonds. The average Bonchev–Trinajstić information content (AvgIpc) is 3.19. The first kappa shape index (κ1) is 12.8. The molecule has 0 atom stereocenters. The molecule has 5 heteroatoms. The van der Waals surface area contributed by atoms with Gasteiger partial charge in [0.05, 0.1) is 0 Å². The van der Waals surface area contributed by atoms with Crippen molar-refractivity contribution in [1.82, 2.24) is 15.3 Å². The van der Waals surface area contributed by atoms with E-state index in [4.69, 9.17) is 0 Å². The van der Waals surface area contributed by atoms with Gasteiger partial charge in [0.2, 0.25) is 0 Å². The summed E-state index contributed by atoms with van der Waals surface area (Å²) < 4.78 is 0. The molecular formula is C13H20N4O. The van der Waals surface area contributed by atoms with Crippen LogP contribution in [0.3, 0.4) is 0 Å². The van der Waals surface area contributed by atoms with Crippen LogP contribution < -0.4 is 10.6 Å². The Bertz CT molecular complexity index is 404. The van der Waals surface area contributed by atoms with Gasteiger partial charge >= 0.3 is 0 Å². The number of amides is 1. The predicted molar refractivity (Wildman–Crippen MR) is 70.5 cm³/mol. The molecule has 2 N–H and O–H groups in total. The molecule has 0 bridgehead atoms. The predicted octanol–water partition coefficient (Wildman–Crippen LogP) is 1.97. The van der Waals surface area contributed by atoms with Gasteiger partial charge in [-0.2, -0.15) is 0 Å². The minimum atomic E-state index is -0.118. The van der Waals surface area contributed by atoms with E-state index < -0.39 is 0 Å². The summed E-state index contributed by atoms with van der Waals surface area (Å²) in [6, 6.07) is 2.24. The number of rotatable bonds is 7. The SMILES string of the molecule is CCCCCNC(=O)c1cc(NC2CC2)ncn1. The molecule has 18 heavy (non-hydrogen) atoms. The number of anilines is 1. The first-order valence-corrected chi connectivity index (χ1v) is 6.66. The van der Waals surface area contributed by atoms with Gasteiger partial charge in [-0.3, -0.25) is 4.79 Å². The molecule has 1 aromatic heterocycles. The van der Waals surface area contributed by atoms with Crippen molar-refractivity contribution >= 4 is 11.7 Å². The van der Waals surface area contributed by atoms with Crippen molar-refractivity contribution in [3.8, 4) is 0 Å². The molecule has 1 aliphatic rings. The Morgan fingerprint density at radius 3 is 2.94 bits per heavy atom. The van der Waals surface area contributed by atoms with Crippen LogP contribution in [0.2, 0.25) is 0 Å². The second kappa shape index (κ2) is 6.33. The van der Waals surface area contributed by atoms with Gasteiger partial charge in [-0.15, -0.1) is 0 Å². The largest absolute Gasteiger partial charge is 0.367 e. The summed E-state index contributed by atoms with van der Waals surface area (Å²) >= 11 is 0. The third-order valence-electron chi connectivity index (χ3n) is 2.89. The van der Waals surface area contributed by atoms with Crippen molar-refractivity contribution < 1.29 is 4.79 Å². The fourth-order valence-electron chi connectivity index (χ4n) is 1.66. The topological polar surface area (TPSA) is 66.9 Å². The summed E-state index contributed by atoms with van der Waals surface area (Å²) in [5.74, 6) is 0.624. The van der Waals surface area contributed by atoms with E-state index in [-0.39, 0.29) is 5.91 Å². The van der Waals surface area contributed by atoms with Crippen LogP contribution in [-0.4, -0.2) is 28.5 Å². The van der Waals surface area contributed by atoms with E-state index in [9.17, 15) is 4.79 Å². The maximum atomic E-state index is 11.8. The van der Waals surface area contributed by atoms with Gasteiger partial charge in [-0.05, 0) is 19.3 Å². The average molecular weight is 248 g/mol. The quantitative estimate of drug-likeness (QED) is 0.724. The molecular weight excluding hydrogens is 228 g/mol. The Morgan fingerprint density at radius 2 is 2.22 bits per heavy atom. The number of aromatic nitrogens is 2. The van der Waals surface area contributed by atoms with Crippen LogP contribution in [0.5, 0.6) is 0 Å². The number of nitrogens with one attached hydrogen (secondary N) is 2. The molecule has 1 aromatic rings. The number of hydrogen-bond donors (Lipinski definition) is 2. The second-order valence-electron chi connectivity index (χ2n) is 4.67. The molecule has 1 fully saturated rings. The van der Waals surface area contributed by atoms with E-state index in [0.29, 0.717) is 18.3 Å². The number of nitrogens with zero attached hydrogens (tertiary/aromatic N) is 2. The molecule has 1 heterocycles. The Labute approximate surface area is 107 Å². The van der Waals surface area contributed by atoms with E-state index in [1.54, 1.807) is 6.07 Å². The van der Waals surface area contributed by atoms with Gasteiger partial charge < -0.3 is 10.6 Å². The molecule has 0 radical (unpaired) electrons. The molecule has 5 nitrogen and oxygen atoms in total. The van der Waals surface area contributed by atoms with Crippen molar-refractivity contribution in [3.05, 3.63) is 18.1 Å². The van der Waals surface area contributed by atoms with Gasteiger partial charge in [0.1, 0.15) is 17.8 Å². The molecule has 0 saturated heterocycles. The van der Waals surface area contributed by atoms with E-state index in [0.717, 1.165) is 25.1 Å². The zero-order valence-electron chi connectivity index (χ0n) is 10.8. The zero-order valence-corrected chi connectivity index (χ0v) is 10.8. The lowest BCUT2D eigenvalue weighted by atomic mass is 10.2. The summed E-state index contributed by atoms with van der Waals surface area (Å²) in [6.45, 7) is 2.85. The third-order valence-corrected chi connectivity index (χ3v) is 2.89. The molecule has 98 valence electrons. The molecule has 0 spiro atoms. The molecule has 2 rings (SSSR count). The minimum Gasteiger partial charge on any atom is -0.367 e. The number of carbonyl (C=O) groups excluding carboxylic acids is 1. The third kappa shape index (κ3) is 3.98. The summed E-state index contributed by atoms with van der Waals surface area (Å²) in [7, 11) is 0.